The molecule has 1 saturated heterocycles. The summed E-state index contributed by atoms with van der Waals surface area (Å²) in [7, 11) is 0. The zero-order valence-corrected chi connectivity index (χ0v) is 13.8. The molecule has 22 heavy (non-hydrogen) atoms. The molecule has 0 unspecified atom stereocenters. The third-order valence-corrected chi connectivity index (χ3v) is 4.40. The number of rotatable bonds is 2. The first-order chi connectivity index (χ1) is 10.3. The topological polar surface area (TPSA) is 66.8 Å². The molecule has 1 aromatic carbocycles. The molecule has 0 aromatic heterocycles. The van der Waals surface area contributed by atoms with Crippen molar-refractivity contribution in [1.29, 1.82) is 0 Å². The lowest BCUT2D eigenvalue weighted by Crippen LogP contribution is -2.53. The Morgan fingerprint density at radius 3 is 2.41 bits per heavy atom. The molecule has 6 heteroatoms. The fourth-order valence-electron chi connectivity index (χ4n) is 2.36. The van der Waals surface area contributed by atoms with Gasteiger partial charge in [-0.3, -0.25) is 4.90 Å². The molecule has 1 N–H and O–H groups in total. The van der Waals surface area contributed by atoms with Crippen molar-refractivity contribution in [3.63, 3.8) is 0 Å². The quantitative estimate of drug-likeness (QED) is 0.905. The average Bonchev–Trinajstić information content (AvgIpc) is 2.45. The van der Waals surface area contributed by atoms with Gasteiger partial charge in [0.2, 0.25) is 0 Å². The number of carbonyl (C=O) groups excluding carboxylic acids is 1. The number of nitrogens with zero attached hydrogens (tertiary/aromatic N) is 1. The Kier molecular flexibility index (Phi) is 5.01. The molecule has 1 aliphatic heterocycles. The fraction of sp³-hybridized carbons (Fsp3) is 0.500. The first-order valence-electron chi connectivity index (χ1n) is 7.16. The molecule has 0 aliphatic carbocycles. The van der Waals surface area contributed by atoms with Gasteiger partial charge in [0.15, 0.2) is 0 Å². The van der Waals surface area contributed by atoms with Crippen LogP contribution in [0.5, 0.6) is 0 Å². The predicted octanol–water partition coefficient (Wildman–Crippen LogP) is 3.16. The molecular weight excluding hydrogens is 302 g/mol. The van der Waals surface area contributed by atoms with Crippen LogP contribution in [0.15, 0.2) is 30.3 Å². The normalized spacial score (nSPS) is 22.2. The number of hydrogen-bond acceptors (Lipinski definition) is 4. The van der Waals surface area contributed by atoms with Crippen molar-refractivity contribution in [3.05, 3.63) is 35.9 Å². The Hall–Kier alpha value is -1.69. The number of amides is 1. The largest absolute Gasteiger partial charge is 0.480 e. The van der Waals surface area contributed by atoms with Crippen molar-refractivity contribution in [2.75, 3.05) is 11.5 Å². The van der Waals surface area contributed by atoms with Gasteiger partial charge in [0, 0.05) is 11.5 Å². The van der Waals surface area contributed by atoms with E-state index in [1.807, 2.05) is 30.3 Å². The van der Waals surface area contributed by atoms with E-state index < -0.39 is 23.7 Å². The van der Waals surface area contributed by atoms with E-state index >= 15 is 0 Å². The maximum Gasteiger partial charge on any atom is 0.411 e. The van der Waals surface area contributed by atoms with Gasteiger partial charge < -0.3 is 9.84 Å². The van der Waals surface area contributed by atoms with Crippen LogP contribution in [0.25, 0.3) is 0 Å². The summed E-state index contributed by atoms with van der Waals surface area (Å²) in [6.45, 7) is 5.32. The Bertz CT molecular complexity index is 541. The van der Waals surface area contributed by atoms with Gasteiger partial charge in [-0.25, -0.2) is 9.59 Å². The molecule has 0 saturated carbocycles. The molecule has 120 valence electrons. The molecule has 2 rings (SSSR count). The maximum absolute atomic E-state index is 12.5. The zero-order chi connectivity index (χ0) is 16.3. The summed E-state index contributed by atoms with van der Waals surface area (Å²) in [5.41, 5.74) is 0.262. The van der Waals surface area contributed by atoms with Crippen LogP contribution in [0, 0.1) is 0 Å². The summed E-state index contributed by atoms with van der Waals surface area (Å²) in [5, 5.41) is 9.46. The zero-order valence-electron chi connectivity index (χ0n) is 13.0. The number of carboxylic acids is 1. The summed E-state index contributed by atoms with van der Waals surface area (Å²) in [6.07, 6.45) is -0.575. The first-order valence-corrected chi connectivity index (χ1v) is 8.32. The Morgan fingerprint density at radius 1 is 1.23 bits per heavy atom. The summed E-state index contributed by atoms with van der Waals surface area (Å²) in [6, 6.07) is 8.32. The van der Waals surface area contributed by atoms with Crippen molar-refractivity contribution in [2.24, 2.45) is 0 Å². The summed E-state index contributed by atoms with van der Waals surface area (Å²) >= 11 is 1.54. The number of ether oxygens (including phenoxy) is 1. The molecule has 5 nitrogen and oxygen atoms in total. The standard InChI is InChI=1S/C16H21NO4S/c1-16(2,3)21-15(20)17-12(11-7-5-4-6-8-11)9-22-10-13(17)14(18)19/h4-8,12-13H,9-10H2,1-3H3,(H,18,19)/t12-,13+/m0/s1. The van der Waals surface area contributed by atoms with Crippen LogP contribution in [0.4, 0.5) is 4.79 Å². The number of carbonyl (C=O) groups is 2. The van der Waals surface area contributed by atoms with E-state index in [1.54, 1.807) is 32.5 Å². The highest BCUT2D eigenvalue weighted by molar-refractivity contribution is 7.99. The molecule has 1 aliphatic rings. The van der Waals surface area contributed by atoms with E-state index in [1.165, 1.54) is 4.90 Å². The van der Waals surface area contributed by atoms with Crippen molar-refractivity contribution >= 4 is 23.8 Å². The van der Waals surface area contributed by atoms with E-state index in [0.717, 1.165) is 5.56 Å². The number of thioether (sulfide) groups is 1. The van der Waals surface area contributed by atoms with E-state index in [9.17, 15) is 14.7 Å². The van der Waals surface area contributed by atoms with E-state index in [-0.39, 0.29) is 6.04 Å². The van der Waals surface area contributed by atoms with Crippen LogP contribution in [-0.2, 0) is 9.53 Å². The van der Waals surface area contributed by atoms with Gasteiger partial charge in [-0.05, 0) is 26.3 Å². The Morgan fingerprint density at radius 2 is 1.86 bits per heavy atom. The second kappa shape index (κ2) is 6.60. The smallest absolute Gasteiger partial charge is 0.411 e. The summed E-state index contributed by atoms with van der Waals surface area (Å²) in [4.78, 5) is 25.5. The van der Waals surface area contributed by atoms with E-state index in [2.05, 4.69) is 0 Å². The summed E-state index contributed by atoms with van der Waals surface area (Å²) < 4.78 is 5.42. The van der Waals surface area contributed by atoms with E-state index in [0.29, 0.717) is 11.5 Å². The van der Waals surface area contributed by atoms with E-state index in [4.69, 9.17) is 4.74 Å². The highest BCUT2D eigenvalue weighted by Gasteiger charge is 2.41. The lowest BCUT2D eigenvalue weighted by Gasteiger charge is -2.40. The minimum Gasteiger partial charge on any atom is -0.480 e. The van der Waals surface area contributed by atoms with Gasteiger partial charge in [0.05, 0.1) is 6.04 Å². The molecule has 1 fully saturated rings. The van der Waals surface area contributed by atoms with Gasteiger partial charge >= 0.3 is 12.1 Å². The number of hydrogen-bond donors (Lipinski definition) is 1. The second-order valence-corrected chi connectivity index (χ2v) is 7.28. The van der Waals surface area contributed by atoms with Crippen LogP contribution < -0.4 is 0 Å². The third kappa shape index (κ3) is 3.94. The van der Waals surface area contributed by atoms with Crippen molar-refractivity contribution < 1.29 is 19.4 Å². The van der Waals surface area contributed by atoms with Crippen LogP contribution in [0.1, 0.15) is 32.4 Å². The maximum atomic E-state index is 12.5. The molecule has 1 amide bonds. The highest BCUT2D eigenvalue weighted by atomic mass is 32.2. The van der Waals surface area contributed by atoms with Crippen molar-refractivity contribution in [1.82, 2.24) is 4.90 Å². The molecule has 1 aromatic rings. The SMILES string of the molecule is CC(C)(C)OC(=O)N1[C@@H](C(=O)O)CSC[C@H]1c1ccccc1. The van der Waals surface area contributed by atoms with Crippen molar-refractivity contribution in [3.8, 4) is 0 Å². The minimum absolute atomic E-state index is 0.295. The number of aliphatic carboxylic acids is 1. The number of benzene rings is 1. The second-order valence-electron chi connectivity index (χ2n) is 6.21. The van der Waals surface area contributed by atoms with Gasteiger partial charge in [-0.1, -0.05) is 30.3 Å². The first kappa shape index (κ1) is 16.7. The van der Waals surface area contributed by atoms with Crippen LogP contribution >= 0.6 is 11.8 Å². The lowest BCUT2D eigenvalue weighted by atomic mass is 10.1. The molecule has 0 spiro atoms. The average molecular weight is 323 g/mol. The van der Waals surface area contributed by atoms with Crippen LogP contribution in [0.2, 0.25) is 0 Å². The van der Waals surface area contributed by atoms with Gasteiger partial charge in [-0.15, -0.1) is 0 Å². The molecular formula is C16H21NO4S. The lowest BCUT2D eigenvalue weighted by molar-refractivity contribution is -0.143. The number of carboxylic acid groups (broad SMARTS) is 1. The van der Waals surface area contributed by atoms with Crippen LogP contribution in [0.3, 0.4) is 0 Å². The van der Waals surface area contributed by atoms with Gasteiger partial charge in [-0.2, -0.15) is 11.8 Å². The van der Waals surface area contributed by atoms with Crippen molar-refractivity contribution in [2.45, 2.75) is 38.5 Å². The molecule has 0 bridgehead atoms. The monoisotopic (exact) mass is 323 g/mol. The minimum atomic E-state index is -1.00. The summed E-state index contributed by atoms with van der Waals surface area (Å²) in [5.74, 6) is 0.0317. The highest BCUT2D eigenvalue weighted by Crippen LogP contribution is 2.34. The fourth-order valence-corrected chi connectivity index (χ4v) is 3.60. The molecule has 1 heterocycles. The van der Waals surface area contributed by atoms with Gasteiger partial charge in [0.1, 0.15) is 11.6 Å². The predicted molar refractivity (Wildman–Crippen MR) is 86.0 cm³/mol. The molecule has 0 radical (unpaired) electrons. The third-order valence-electron chi connectivity index (χ3n) is 3.30. The van der Waals surface area contributed by atoms with Crippen LogP contribution in [-0.4, -0.2) is 45.2 Å². The van der Waals surface area contributed by atoms with Gasteiger partial charge in [0.25, 0.3) is 0 Å². The molecule has 2 atom stereocenters. The Labute approximate surface area is 134 Å². The Balaban J connectivity index is 2.33.